The second kappa shape index (κ2) is 10.7. The van der Waals surface area contributed by atoms with Crippen LogP contribution in [0.4, 0.5) is 11.4 Å². The number of hydrogen-bond donors (Lipinski definition) is 2. The lowest BCUT2D eigenvalue weighted by Crippen LogP contribution is -2.49. The summed E-state index contributed by atoms with van der Waals surface area (Å²) in [6.45, 7) is 4.58. The molecular formula is C26H25ClN4O2S. The molecule has 0 aliphatic carbocycles. The van der Waals surface area contributed by atoms with E-state index in [9.17, 15) is 9.59 Å². The van der Waals surface area contributed by atoms with Gasteiger partial charge in [-0.05, 0) is 61.1 Å². The van der Waals surface area contributed by atoms with E-state index in [1.807, 2.05) is 54.3 Å². The number of amides is 2. The van der Waals surface area contributed by atoms with Gasteiger partial charge in [-0.3, -0.25) is 14.9 Å². The van der Waals surface area contributed by atoms with Gasteiger partial charge in [-0.15, -0.1) is 0 Å². The van der Waals surface area contributed by atoms with Crippen LogP contribution in [-0.2, 0) is 0 Å². The number of rotatable bonds is 4. The molecule has 1 aliphatic rings. The molecule has 0 saturated carbocycles. The van der Waals surface area contributed by atoms with Crippen LogP contribution >= 0.6 is 23.8 Å². The summed E-state index contributed by atoms with van der Waals surface area (Å²) in [4.78, 5) is 29.2. The van der Waals surface area contributed by atoms with Gasteiger partial charge in [0, 0.05) is 43.0 Å². The summed E-state index contributed by atoms with van der Waals surface area (Å²) in [7, 11) is 0. The summed E-state index contributed by atoms with van der Waals surface area (Å²) in [5, 5.41) is 6.43. The molecule has 1 fully saturated rings. The Labute approximate surface area is 209 Å². The molecule has 174 valence electrons. The molecule has 4 rings (SSSR count). The van der Waals surface area contributed by atoms with Crippen molar-refractivity contribution in [2.45, 2.75) is 6.92 Å². The van der Waals surface area contributed by atoms with Gasteiger partial charge in [-0.25, -0.2) is 0 Å². The minimum atomic E-state index is -0.279. The zero-order chi connectivity index (χ0) is 24.1. The van der Waals surface area contributed by atoms with Gasteiger partial charge in [0.15, 0.2) is 5.11 Å². The SMILES string of the molecule is Cc1ccccc1C(=O)N1CCN(c2ccc(NC(=S)NC(=O)c3ccccc3)cc2Cl)CC1. The number of aryl methyl sites for hydroxylation is 1. The van der Waals surface area contributed by atoms with Gasteiger partial charge in [0.1, 0.15) is 0 Å². The Balaban J connectivity index is 1.34. The summed E-state index contributed by atoms with van der Waals surface area (Å²) in [5.41, 5.74) is 3.84. The summed E-state index contributed by atoms with van der Waals surface area (Å²) < 4.78 is 0. The number of benzene rings is 3. The fraction of sp³-hybridized carbons (Fsp3) is 0.192. The highest BCUT2D eigenvalue weighted by Gasteiger charge is 2.24. The Morgan fingerprint density at radius 1 is 0.912 bits per heavy atom. The van der Waals surface area contributed by atoms with Gasteiger partial charge in [0.2, 0.25) is 0 Å². The zero-order valence-electron chi connectivity index (χ0n) is 18.8. The highest BCUT2D eigenvalue weighted by molar-refractivity contribution is 7.80. The molecule has 2 N–H and O–H groups in total. The van der Waals surface area contributed by atoms with Crippen LogP contribution in [0.25, 0.3) is 0 Å². The van der Waals surface area contributed by atoms with Gasteiger partial charge >= 0.3 is 0 Å². The Hall–Kier alpha value is -3.42. The van der Waals surface area contributed by atoms with Crippen LogP contribution in [0.5, 0.6) is 0 Å². The van der Waals surface area contributed by atoms with Crippen LogP contribution in [0, 0.1) is 6.92 Å². The molecule has 0 radical (unpaired) electrons. The van der Waals surface area contributed by atoms with E-state index in [2.05, 4.69) is 15.5 Å². The lowest BCUT2D eigenvalue weighted by atomic mass is 10.1. The molecule has 8 heteroatoms. The molecule has 1 aliphatic heterocycles. The van der Waals surface area contributed by atoms with Crippen LogP contribution in [0.1, 0.15) is 26.3 Å². The van der Waals surface area contributed by atoms with Crippen molar-refractivity contribution in [3.05, 3.63) is 94.5 Å². The monoisotopic (exact) mass is 492 g/mol. The van der Waals surface area contributed by atoms with E-state index in [1.165, 1.54) is 0 Å². The number of thiocarbonyl (C=S) groups is 1. The quantitative estimate of drug-likeness (QED) is 0.515. The van der Waals surface area contributed by atoms with E-state index in [0.717, 1.165) is 16.8 Å². The van der Waals surface area contributed by atoms with Gasteiger partial charge in [0.25, 0.3) is 11.8 Å². The maximum atomic E-state index is 12.9. The molecule has 3 aromatic rings. The molecule has 34 heavy (non-hydrogen) atoms. The van der Waals surface area contributed by atoms with Crippen LogP contribution in [-0.4, -0.2) is 48.0 Å². The first-order valence-corrected chi connectivity index (χ1v) is 11.8. The Morgan fingerprint density at radius 2 is 1.59 bits per heavy atom. The molecule has 0 atom stereocenters. The largest absolute Gasteiger partial charge is 0.367 e. The number of nitrogens with one attached hydrogen (secondary N) is 2. The van der Waals surface area contributed by atoms with Crippen molar-refractivity contribution in [2.75, 3.05) is 36.4 Å². The number of hydrogen-bond acceptors (Lipinski definition) is 4. The first kappa shape index (κ1) is 23.7. The molecule has 3 aromatic carbocycles. The molecule has 6 nitrogen and oxygen atoms in total. The third-order valence-electron chi connectivity index (χ3n) is 5.75. The molecule has 0 bridgehead atoms. The molecule has 0 aromatic heterocycles. The van der Waals surface area contributed by atoms with Crippen molar-refractivity contribution < 1.29 is 9.59 Å². The van der Waals surface area contributed by atoms with Crippen LogP contribution in [0.2, 0.25) is 5.02 Å². The third-order valence-corrected chi connectivity index (χ3v) is 6.26. The second-order valence-electron chi connectivity index (χ2n) is 8.03. The number of piperazine rings is 1. The Morgan fingerprint density at radius 3 is 2.26 bits per heavy atom. The van der Waals surface area contributed by atoms with E-state index in [-0.39, 0.29) is 16.9 Å². The van der Waals surface area contributed by atoms with Gasteiger partial charge < -0.3 is 15.1 Å². The summed E-state index contributed by atoms with van der Waals surface area (Å²) >= 11 is 11.8. The van der Waals surface area contributed by atoms with E-state index < -0.39 is 0 Å². The molecule has 2 amide bonds. The summed E-state index contributed by atoms with van der Waals surface area (Å²) in [5.74, 6) is -0.214. The van der Waals surface area contributed by atoms with Crippen molar-refractivity contribution in [1.29, 1.82) is 0 Å². The van der Waals surface area contributed by atoms with Gasteiger partial charge in [0.05, 0.1) is 10.7 Å². The van der Waals surface area contributed by atoms with Crippen molar-refractivity contribution >= 4 is 52.1 Å². The minimum absolute atomic E-state index is 0.0643. The van der Waals surface area contributed by atoms with E-state index in [4.69, 9.17) is 23.8 Å². The molecule has 1 heterocycles. The van der Waals surface area contributed by atoms with E-state index in [0.29, 0.717) is 42.5 Å². The van der Waals surface area contributed by atoms with Crippen molar-refractivity contribution in [3.63, 3.8) is 0 Å². The summed E-state index contributed by atoms with van der Waals surface area (Å²) in [6.07, 6.45) is 0. The lowest BCUT2D eigenvalue weighted by molar-refractivity contribution is 0.0746. The normalized spacial score (nSPS) is 13.4. The minimum Gasteiger partial charge on any atom is -0.367 e. The van der Waals surface area contributed by atoms with E-state index in [1.54, 1.807) is 30.3 Å². The number of anilines is 2. The molecular weight excluding hydrogens is 468 g/mol. The van der Waals surface area contributed by atoms with Gasteiger partial charge in [-0.1, -0.05) is 48.0 Å². The lowest BCUT2D eigenvalue weighted by Gasteiger charge is -2.36. The first-order chi connectivity index (χ1) is 16.4. The number of carbonyl (C=O) groups is 2. The van der Waals surface area contributed by atoms with Gasteiger partial charge in [-0.2, -0.15) is 0 Å². The fourth-order valence-electron chi connectivity index (χ4n) is 3.90. The number of halogens is 1. The topological polar surface area (TPSA) is 64.7 Å². The smallest absolute Gasteiger partial charge is 0.257 e. The third kappa shape index (κ3) is 5.55. The highest BCUT2D eigenvalue weighted by atomic mass is 35.5. The predicted molar refractivity (Wildman–Crippen MR) is 141 cm³/mol. The number of nitrogens with zero attached hydrogens (tertiary/aromatic N) is 2. The average molecular weight is 493 g/mol. The first-order valence-electron chi connectivity index (χ1n) is 11.0. The van der Waals surface area contributed by atoms with Crippen LogP contribution < -0.4 is 15.5 Å². The Kier molecular flexibility index (Phi) is 7.45. The van der Waals surface area contributed by atoms with Crippen molar-refractivity contribution in [3.8, 4) is 0 Å². The predicted octanol–water partition coefficient (Wildman–Crippen LogP) is 4.74. The van der Waals surface area contributed by atoms with Crippen molar-refractivity contribution in [2.24, 2.45) is 0 Å². The maximum Gasteiger partial charge on any atom is 0.257 e. The van der Waals surface area contributed by atoms with Crippen LogP contribution in [0.3, 0.4) is 0 Å². The second-order valence-corrected chi connectivity index (χ2v) is 8.85. The van der Waals surface area contributed by atoms with Crippen molar-refractivity contribution in [1.82, 2.24) is 10.2 Å². The molecule has 0 unspecified atom stereocenters. The standard InChI is InChI=1S/C26H25ClN4O2S/c1-18-7-5-6-10-21(18)25(33)31-15-13-30(14-16-31)23-12-11-20(17-22(23)27)28-26(34)29-24(32)19-8-3-2-4-9-19/h2-12,17H,13-16H2,1H3,(H2,28,29,32,34). The molecule has 0 spiro atoms. The fourth-order valence-corrected chi connectivity index (χ4v) is 4.41. The average Bonchev–Trinajstić information content (AvgIpc) is 2.84. The zero-order valence-corrected chi connectivity index (χ0v) is 20.3. The van der Waals surface area contributed by atoms with E-state index >= 15 is 0 Å². The molecule has 1 saturated heterocycles. The van der Waals surface area contributed by atoms with Crippen LogP contribution in [0.15, 0.2) is 72.8 Å². The summed E-state index contributed by atoms with van der Waals surface area (Å²) in [6, 6.07) is 22.1. The highest BCUT2D eigenvalue weighted by Crippen LogP contribution is 2.30. The number of carbonyl (C=O) groups excluding carboxylic acids is 2. The Bertz CT molecular complexity index is 1210. The maximum absolute atomic E-state index is 12.9.